The molecule has 0 aliphatic carbocycles. The highest BCUT2D eigenvalue weighted by Crippen LogP contribution is 2.37. The number of carbonyl (C=O) groups excluding carboxylic acids is 2. The van der Waals surface area contributed by atoms with E-state index in [1.165, 1.54) is 12.0 Å². The molecular weight excluding hydrogens is 430 g/mol. The van der Waals surface area contributed by atoms with Crippen molar-refractivity contribution in [1.29, 1.82) is 0 Å². The van der Waals surface area contributed by atoms with Crippen molar-refractivity contribution >= 4 is 34.5 Å². The van der Waals surface area contributed by atoms with Gasteiger partial charge in [-0.25, -0.2) is 4.98 Å². The number of thiazole rings is 1. The fraction of sp³-hybridized carbons (Fsp3) is 0.261. The van der Waals surface area contributed by atoms with Crippen molar-refractivity contribution in [3.8, 4) is 28.5 Å². The van der Waals surface area contributed by atoms with E-state index in [0.29, 0.717) is 28.6 Å². The number of aryl methyl sites for hydroxylation is 2. The van der Waals surface area contributed by atoms with Crippen molar-refractivity contribution in [3.05, 3.63) is 46.3 Å². The molecule has 1 N–H and O–H groups in total. The summed E-state index contributed by atoms with van der Waals surface area (Å²) < 4.78 is 16.1. The zero-order chi connectivity index (χ0) is 22.8. The van der Waals surface area contributed by atoms with Crippen LogP contribution in [0.1, 0.15) is 9.88 Å². The first-order chi connectivity index (χ1) is 15.4. The summed E-state index contributed by atoms with van der Waals surface area (Å²) in [5, 5.41) is 3.77. The Bertz CT molecular complexity index is 1190. The zero-order valence-corrected chi connectivity index (χ0v) is 19.0. The predicted octanol–water partition coefficient (Wildman–Crippen LogP) is 3.81. The molecule has 32 heavy (non-hydrogen) atoms. The minimum absolute atomic E-state index is 0.128. The summed E-state index contributed by atoms with van der Waals surface area (Å²) >= 11 is 1.61. The molecule has 0 bridgehead atoms. The summed E-state index contributed by atoms with van der Waals surface area (Å²) in [5.74, 6) is 0.944. The van der Waals surface area contributed by atoms with Gasteiger partial charge in [0.1, 0.15) is 23.8 Å². The van der Waals surface area contributed by atoms with Crippen LogP contribution in [0, 0.1) is 13.8 Å². The quantitative estimate of drug-likeness (QED) is 0.611. The van der Waals surface area contributed by atoms with Gasteiger partial charge in [-0.1, -0.05) is 0 Å². The first-order valence-corrected chi connectivity index (χ1v) is 10.7. The molecule has 2 aromatic carbocycles. The van der Waals surface area contributed by atoms with E-state index in [-0.39, 0.29) is 25.0 Å². The van der Waals surface area contributed by atoms with E-state index in [1.807, 2.05) is 26.0 Å². The molecule has 0 unspecified atom stereocenters. The van der Waals surface area contributed by atoms with Gasteiger partial charge in [-0.2, -0.15) is 0 Å². The lowest BCUT2D eigenvalue weighted by molar-refractivity contribution is -0.123. The Morgan fingerprint density at radius 1 is 1.19 bits per heavy atom. The number of anilines is 2. The molecule has 2 heterocycles. The standard InChI is InChI=1S/C23H23N3O5S/c1-13-23(24-14(2)32-13)15-5-7-20-18(9-15)26(22(28)12-31-20)11-21(27)25-17-10-16(29-3)6-8-19(17)30-4/h5-10H,11-12H2,1-4H3,(H,25,27). The first kappa shape index (κ1) is 21.6. The smallest absolute Gasteiger partial charge is 0.265 e. The average Bonchev–Trinajstić information content (AvgIpc) is 3.13. The summed E-state index contributed by atoms with van der Waals surface area (Å²) in [6.45, 7) is 3.66. The van der Waals surface area contributed by atoms with E-state index in [4.69, 9.17) is 14.2 Å². The average molecular weight is 454 g/mol. The molecule has 0 atom stereocenters. The molecule has 8 nitrogen and oxygen atoms in total. The van der Waals surface area contributed by atoms with Crippen LogP contribution in [0.3, 0.4) is 0 Å². The van der Waals surface area contributed by atoms with Crippen LogP contribution >= 0.6 is 11.3 Å². The van der Waals surface area contributed by atoms with Crippen molar-refractivity contribution in [2.75, 3.05) is 37.6 Å². The molecule has 0 fully saturated rings. The number of nitrogens with one attached hydrogen (secondary N) is 1. The third-order valence-corrected chi connectivity index (χ3v) is 5.95. The van der Waals surface area contributed by atoms with Gasteiger partial charge >= 0.3 is 0 Å². The SMILES string of the molecule is COc1ccc(OC)c(NC(=O)CN2C(=O)COc3ccc(-c4nc(C)sc4C)cc32)c1. The second kappa shape index (κ2) is 8.88. The summed E-state index contributed by atoms with van der Waals surface area (Å²) in [4.78, 5) is 32.6. The molecule has 0 saturated carbocycles. The van der Waals surface area contributed by atoms with Gasteiger partial charge in [-0.05, 0) is 44.2 Å². The number of rotatable bonds is 6. The van der Waals surface area contributed by atoms with E-state index >= 15 is 0 Å². The van der Waals surface area contributed by atoms with Crippen molar-refractivity contribution in [1.82, 2.24) is 4.98 Å². The maximum absolute atomic E-state index is 12.9. The minimum atomic E-state index is -0.371. The molecule has 0 saturated heterocycles. The van der Waals surface area contributed by atoms with Gasteiger partial charge < -0.3 is 19.5 Å². The van der Waals surface area contributed by atoms with Gasteiger partial charge in [0.15, 0.2) is 6.61 Å². The lowest BCUT2D eigenvalue weighted by Crippen LogP contribution is -2.43. The van der Waals surface area contributed by atoms with Gasteiger partial charge in [0, 0.05) is 16.5 Å². The van der Waals surface area contributed by atoms with Crippen LogP contribution in [0.4, 0.5) is 11.4 Å². The van der Waals surface area contributed by atoms with E-state index < -0.39 is 0 Å². The summed E-state index contributed by atoms with van der Waals surface area (Å²) in [7, 11) is 3.06. The first-order valence-electron chi connectivity index (χ1n) is 9.93. The number of hydrogen-bond acceptors (Lipinski definition) is 7. The Labute approximate surface area is 189 Å². The fourth-order valence-electron chi connectivity index (χ4n) is 3.56. The topological polar surface area (TPSA) is 90.0 Å². The number of ether oxygens (including phenoxy) is 3. The highest BCUT2D eigenvalue weighted by molar-refractivity contribution is 7.11. The molecule has 1 aromatic heterocycles. The van der Waals surface area contributed by atoms with Crippen LogP contribution in [0.2, 0.25) is 0 Å². The summed E-state index contributed by atoms with van der Waals surface area (Å²) in [6, 6.07) is 10.7. The maximum atomic E-state index is 12.9. The van der Waals surface area contributed by atoms with Crippen LogP contribution in [-0.4, -0.2) is 44.2 Å². The largest absolute Gasteiger partial charge is 0.497 e. The molecule has 1 aliphatic rings. The zero-order valence-electron chi connectivity index (χ0n) is 18.2. The Kier molecular flexibility index (Phi) is 6.00. The fourth-order valence-corrected chi connectivity index (χ4v) is 4.40. The Balaban J connectivity index is 1.61. The molecule has 166 valence electrons. The van der Waals surface area contributed by atoms with E-state index in [9.17, 15) is 9.59 Å². The molecule has 0 radical (unpaired) electrons. The van der Waals surface area contributed by atoms with Crippen molar-refractivity contribution in [2.24, 2.45) is 0 Å². The van der Waals surface area contributed by atoms with Crippen molar-refractivity contribution in [3.63, 3.8) is 0 Å². The van der Waals surface area contributed by atoms with Crippen LogP contribution < -0.4 is 24.4 Å². The van der Waals surface area contributed by atoms with Crippen LogP contribution in [0.25, 0.3) is 11.3 Å². The third kappa shape index (κ3) is 4.24. The third-order valence-electron chi connectivity index (χ3n) is 5.06. The van der Waals surface area contributed by atoms with E-state index in [2.05, 4.69) is 10.3 Å². The molecule has 9 heteroatoms. The number of amides is 2. The molecular formula is C23H23N3O5S. The second-order valence-corrected chi connectivity index (χ2v) is 8.61. The Morgan fingerprint density at radius 2 is 2.00 bits per heavy atom. The lowest BCUT2D eigenvalue weighted by Gasteiger charge is -2.29. The number of methoxy groups -OCH3 is 2. The van der Waals surface area contributed by atoms with Gasteiger partial charge in [0.25, 0.3) is 5.91 Å². The number of hydrogen-bond donors (Lipinski definition) is 1. The highest BCUT2D eigenvalue weighted by atomic mass is 32.1. The van der Waals surface area contributed by atoms with Gasteiger partial charge in [-0.15, -0.1) is 11.3 Å². The van der Waals surface area contributed by atoms with Gasteiger partial charge in [0.2, 0.25) is 5.91 Å². The Morgan fingerprint density at radius 3 is 2.69 bits per heavy atom. The number of benzene rings is 2. The molecule has 1 aliphatic heterocycles. The summed E-state index contributed by atoms with van der Waals surface area (Å²) in [5.41, 5.74) is 2.72. The lowest BCUT2D eigenvalue weighted by atomic mass is 10.1. The van der Waals surface area contributed by atoms with Crippen LogP contribution in [-0.2, 0) is 9.59 Å². The van der Waals surface area contributed by atoms with E-state index in [0.717, 1.165) is 21.1 Å². The molecule has 3 aromatic rings. The highest BCUT2D eigenvalue weighted by Gasteiger charge is 2.28. The van der Waals surface area contributed by atoms with E-state index in [1.54, 1.807) is 42.7 Å². The Hall–Kier alpha value is -3.59. The number of nitrogens with zero attached hydrogens (tertiary/aromatic N) is 2. The van der Waals surface area contributed by atoms with Crippen LogP contribution in [0.15, 0.2) is 36.4 Å². The predicted molar refractivity (Wildman–Crippen MR) is 123 cm³/mol. The number of fused-ring (bicyclic) bond motifs is 1. The monoisotopic (exact) mass is 453 g/mol. The minimum Gasteiger partial charge on any atom is -0.497 e. The maximum Gasteiger partial charge on any atom is 0.265 e. The molecule has 0 spiro atoms. The molecule has 2 amide bonds. The number of aromatic nitrogens is 1. The van der Waals surface area contributed by atoms with Gasteiger partial charge in [-0.3, -0.25) is 14.5 Å². The van der Waals surface area contributed by atoms with Crippen LogP contribution in [0.5, 0.6) is 17.2 Å². The number of carbonyl (C=O) groups is 2. The van der Waals surface area contributed by atoms with Crippen molar-refractivity contribution in [2.45, 2.75) is 13.8 Å². The summed E-state index contributed by atoms with van der Waals surface area (Å²) in [6.07, 6.45) is 0. The van der Waals surface area contributed by atoms with Gasteiger partial charge in [0.05, 0.1) is 36.3 Å². The second-order valence-electron chi connectivity index (χ2n) is 7.20. The normalized spacial score (nSPS) is 12.8. The van der Waals surface area contributed by atoms with Crippen molar-refractivity contribution < 1.29 is 23.8 Å². The molecule has 4 rings (SSSR count).